The molecule has 6 heteroatoms. The van der Waals surface area contributed by atoms with Crippen molar-refractivity contribution in [2.75, 3.05) is 26.4 Å². The van der Waals surface area contributed by atoms with Crippen LogP contribution in [-0.2, 0) is 14.3 Å². The molecule has 2 amide bonds. The highest BCUT2D eigenvalue weighted by molar-refractivity contribution is 5.94. The summed E-state index contributed by atoms with van der Waals surface area (Å²) in [5.41, 5.74) is 0.596. The van der Waals surface area contributed by atoms with E-state index < -0.39 is 0 Å². The Morgan fingerprint density at radius 2 is 2.12 bits per heavy atom. The van der Waals surface area contributed by atoms with Gasteiger partial charge in [0.15, 0.2) is 0 Å². The van der Waals surface area contributed by atoms with Gasteiger partial charge in [-0.05, 0) is 38.3 Å². The van der Waals surface area contributed by atoms with Crippen molar-refractivity contribution in [1.29, 1.82) is 0 Å². The van der Waals surface area contributed by atoms with Crippen molar-refractivity contribution in [3.05, 3.63) is 35.9 Å². The zero-order valence-electron chi connectivity index (χ0n) is 14.8. The number of hydrogen-bond donors (Lipinski definition) is 2. The monoisotopic (exact) mass is 348 g/mol. The van der Waals surface area contributed by atoms with Crippen LogP contribution in [0.4, 0.5) is 0 Å². The van der Waals surface area contributed by atoms with Crippen LogP contribution in [0.2, 0.25) is 0 Å². The van der Waals surface area contributed by atoms with Gasteiger partial charge in [0.25, 0.3) is 5.91 Å². The molecule has 0 spiro atoms. The summed E-state index contributed by atoms with van der Waals surface area (Å²) < 4.78 is 11.0. The summed E-state index contributed by atoms with van der Waals surface area (Å²) in [6, 6.07) is 8.76. The summed E-state index contributed by atoms with van der Waals surface area (Å²) in [5.74, 6) is -0.233. The van der Waals surface area contributed by atoms with Gasteiger partial charge in [0.05, 0.1) is 12.7 Å². The molecule has 1 aliphatic rings. The first-order valence-corrected chi connectivity index (χ1v) is 8.97. The molecule has 2 atom stereocenters. The second-order valence-electron chi connectivity index (χ2n) is 6.36. The number of amides is 2. The minimum atomic E-state index is -0.219. The maximum atomic E-state index is 12.0. The molecule has 0 bridgehead atoms. The Bertz CT molecular complexity index is 529. The molecule has 2 unspecified atom stereocenters. The van der Waals surface area contributed by atoms with Gasteiger partial charge in [-0.1, -0.05) is 18.2 Å². The van der Waals surface area contributed by atoms with Crippen LogP contribution in [0.5, 0.6) is 0 Å². The molecule has 1 aliphatic heterocycles. The molecule has 1 saturated heterocycles. The van der Waals surface area contributed by atoms with Crippen molar-refractivity contribution in [2.45, 2.75) is 44.8 Å². The average Bonchev–Trinajstić information content (AvgIpc) is 3.12. The third kappa shape index (κ3) is 7.67. The molecule has 138 valence electrons. The number of benzene rings is 1. The van der Waals surface area contributed by atoms with Crippen LogP contribution in [-0.4, -0.2) is 50.3 Å². The summed E-state index contributed by atoms with van der Waals surface area (Å²) in [6.45, 7) is 4.48. The van der Waals surface area contributed by atoms with Gasteiger partial charge in [0.1, 0.15) is 0 Å². The fourth-order valence-corrected chi connectivity index (χ4v) is 2.69. The molecule has 6 nitrogen and oxygen atoms in total. The molecule has 2 rings (SSSR count). The van der Waals surface area contributed by atoms with Crippen molar-refractivity contribution >= 4 is 11.8 Å². The lowest BCUT2D eigenvalue weighted by molar-refractivity contribution is -0.121. The molecule has 0 aliphatic carbocycles. The van der Waals surface area contributed by atoms with Crippen molar-refractivity contribution in [3.8, 4) is 0 Å². The van der Waals surface area contributed by atoms with E-state index in [0.717, 1.165) is 25.9 Å². The van der Waals surface area contributed by atoms with E-state index in [4.69, 9.17) is 9.47 Å². The lowest BCUT2D eigenvalue weighted by Crippen LogP contribution is -2.37. The predicted molar refractivity (Wildman–Crippen MR) is 95.4 cm³/mol. The van der Waals surface area contributed by atoms with Crippen LogP contribution in [0.25, 0.3) is 0 Å². The van der Waals surface area contributed by atoms with Gasteiger partial charge in [-0.2, -0.15) is 0 Å². The second-order valence-corrected chi connectivity index (χ2v) is 6.36. The Kier molecular flexibility index (Phi) is 8.42. The number of nitrogens with one attached hydrogen (secondary N) is 2. The minimum absolute atomic E-state index is 0.0695. The Hall–Kier alpha value is -1.92. The lowest BCUT2D eigenvalue weighted by Gasteiger charge is -2.14. The Labute approximate surface area is 149 Å². The van der Waals surface area contributed by atoms with E-state index in [-0.39, 0.29) is 30.4 Å². The van der Waals surface area contributed by atoms with Crippen molar-refractivity contribution < 1.29 is 19.1 Å². The first kappa shape index (κ1) is 19.4. The van der Waals surface area contributed by atoms with Gasteiger partial charge < -0.3 is 20.1 Å². The van der Waals surface area contributed by atoms with Gasteiger partial charge in [-0.25, -0.2) is 0 Å². The summed E-state index contributed by atoms with van der Waals surface area (Å²) in [6.07, 6.45) is 3.45. The third-order valence-electron chi connectivity index (χ3n) is 4.02. The van der Waals surface area contributed by atoms with Crippen molar-refractivity contribution in [3.63, 3.8) is 0 Å². The molecule has 1 aromatic carbocycles. The predicted octanol–water partition coefficient (Wildman–Crippen LogP) is 1.90. The normalized spacial score (nSPS) is 17.9. The molecule has 1 heterocycles. The number of hydrogen-bond acceptors (Lipinski definition) is 4. The second kappa shape index (κ2) is 10.8. The molecule has 1 fully saturated rings. The van der Waals surface area contributed by atoms with Gasteiger partial charge in [0.2, 0.25) is 5.91 Å². The highest BCUT2D eigenvalue weighted by atomic mass is 16.5. The first-order chi connectivity index (χ1) is 12.1. The summed E-state index contributed by atoms with van der Waals surface area (Å²) in [4.78, 5) is 23.9. The fourth-order valence-electron chi connectivity index (χ4n) is 2.69. The zero-order chi connectivity index (χ0) is 17.9. The van der Waals surface area contributed by atoms with E-state index in [1.54, 1.807) is 12.1 Å². The third-order valence-corrected chi connectivity index (χ3v) is 4.02. The van der Waals surface area contributed by atoms with Crippen LogP contribution >= 0.6 is 0 Å². The van der Waals surface area contributed by atoms with Gasteiger partial charge >= 0.3 is 0 Å². The lowest BCUT2D eigenvalue weighted by atomic mass is 10.1. The number of carbonyl (C=O) groups is 2. The minimum Gasteiger partial charge on any atom is -0.379 e. The summed E-state index contributed by atoms with van der Waals surface area (Å²) in [7, 11) is 0. The average molecular weight is 348 g/mol. The van der Waals surface area contributed by atoms with Crippen LogP contribution in [0.3, 0.4) is 0 Å². The molecule has 0 radical (unpaired) electrons. The van der Waals surface area contributed by atoms with Crippen molar-refractivity contribution in [1.82, 2.24) is 10.6 Å². The van der Waals surface area contributed by atoms with E-state index in [9.17, 15) is 9.59 Å². The van der Waals surface area contributed by atoms with E-state index in [2.05, 4.69) is 10.6 Å². The van der Waals surface area contributed by atoms with E-state index in [1.807, 2.05) is 25.1 Å². The molecule has 25 heavy (non-hydrogen) atoms. The molecule has 0 aromatic heterocycles. The number of ether oxygens (including phenoxy) is 2. The van der Waals surface area contributed by atoms with Crippen LogP contribution in [0, 0.1) is 0 Å². The number of rotatable bonds is 10. The standard InChI is InChI=1S/C19H28N2O4/c1-15(21-19(23)16-7-3-2-4-8-16)13-18(22)20-10-6-11-24-14-17-9-5-12-25-17/h2-4,7-8,15,17H,5-6,9-14H2,1H3,(H,20,22)(H,21,23). The Morgan fingerprint density at radius 1 is 1.32 bits per heavy atom. The van der Waals surface area contributed by atoms with Crippen LogP contribution in [0.1, 0.15) is 43.0 Å². The van der Waals surface area contributed by atoms with Gasteiger partial charge in [-0.15, -0.1) is 0 Å². The van der Waals surface area contributed by atoms with Gasteiger partial charge in [0, 0.05) is 37.8 Å². The molecule has 2 N–H and O–H groups in total. The van der Waals surface area contributed by atoms with E-state index in [1.165, 1.54) is 0 Å². The smallest absolute Gasteiger partial charge is 0.251 e. The Balaban J connectivity index is 1.51. The molecular weight excluding hydrogens is 320 g/mol. The van der Waals surface area contributed by atoms with Crippen LogP contribution in [0.15, 0.2) is 30.3 Å². The van der Waals surface area contributed by atoms with E-state index in [0.29, 0.717) is 25.3 Å². The Morgan fingerprint density at radius 3 is 2.84 bits per heavy atom. The van der Waals surface area contributed by atoms with E-state index >= 15 is 0 Å². The quantitative estimate of drug-likeness (QED) is 0.633. The maximum Gasteiger partial charge on any atom is 0.251 e. The van der Waals surface area contributed by atoms with Crippen LogP contribution < -0.4 is 10.6 Å². The fraction of sp³-hybridized carbons (Fsp3) is 0.579. The molecule has 0 saturated carbocycles. The first-order valence-electron chi connectivity index (χ1n) is 8.97. The summed E-state index contributed by atoms with van der Waals surface area (Å²) in [5, 5.41) is 5.68. The van der Waals surface area contributed by atoms with Gasteiger partial charge in [-0.3, -0.25) is 9.59 Å². The highest BCUT2D eigenvalue weighted by Gasteiger charge is 2.15. The number of carbonyl (C=O) groups excluding carboxylic acids is 2. The van der Waals surface area contributed by atoms with Crippen molar-refractivity contribution in [2.24, 2.45) is 0 Å². The largest absolute Gasteiger partial charge is 0.379 e. The molecular formula is C19H28N2O4. The SMILES string of the molecule is CC(CC(=O)NCCCOCC1CCCO1)NC(=O)c1ccccc1. The molecule has 1 aromatic rings. The maximum absolute atomic E-state index is 12.0. The highest BCUT2D eigenvalue weighted by Crippen LogP contribution is 2.11. The summed E-state index contributed by atoms with van der Waals surface area (Å²) >= 11 is 0. The topological polar surface area (TPSA) is 76.7 Å². The zero-order valence-corrected chi connectivity index (χ0v) is 14.8.